The molecule has 0 aliphatic carbocycles. The van der Waals surface area contributed by atoms with Gasteiger partial charge in [-0.15, -0.1) is 0 Å². The highest BCUT2D eigenvalue weighted by Crippen LogP contribution is 2.15. The zero-order valence-corrected chi connectivity index (χ0v) is 13.9. The summed E-state index contributed by atoms with van der Waals surface area (Å²) >= 11 is 0. The molecule has 0 aliphatic rings. The third kappa shape index (κ3) is 5.82. The lowest BCUT2D eigenvalue weighted by molar-refractivity contribution is 0.103. The fourth-order valence-corrected chi connectivity index (χ4v) is 1.61. The normalized spacial score (nSPS) is 8.67. The van der Waals surface area contributed by atoms with Crippen LogP contribution in [0.3, 0.4) is 0 Å². The summed E-state index contributed by atoms with van der Waals surface area (Å²) in [7, 11) is 1.61. The van der Waals surface area contributed by atoms with Crippen LogP contribution in [0, 0.1) is 6.92 Å². The van der Waals surface area contributed by atoms with E-state index < -0.39 is 0 Å². The molecule has 0 aromatic heterocycles. The van der Waals surface area contributed by atoms with Gasteiger partial charge in [0.25, 0.3) is 0 Å². The minimum Gasteiger partial charge on any atom is -0.497 e. The molecule has 2 rings (SSSR count). The number of aryl methyl sites for hydroxylation is 1. The van der Waals surface area contributed by atoms with Crippen molar-refractivity contribution in [3.05, 3.63) is 65.2 Å². The first kappa shape index (κ1) is 18.9. The number of benzene rings is 2. The highest BCUT2D eigenvalue weighted by atomic mass is 16.5. The number of ketones is 1. The molecule has 0 atom stereocenters. The number of carbonyl (C=O) groups is 1. The Morgan fingerprint density at radius 2 is 1.14 bits per heavy atom. The van der Waals surface area contributed by atoms with Gasteiger partial charge in [-0.2, -0.15) is 0 Å². The topological polar surface area (TPSA) is 26.3 Å². The number of ether oxygens (including phenoxy) is 1. The molecule has 0 radical (unpaired) electrons. The fraction of sp³-hybridized carbons (Fsp3) is 0.316. The van der Waals surface area contributed by atoms with Gasteiger partial charge in [0.2, 0.25) is 0 Å². The van der Waals surface area contributed by atoms with Gasteiger partial charge in [-0.25, -0.2) is 0 Å². The van der Waals surface area contributed by atoms with E-state index in [1.807, 2.05) is 58.9 Å². The number of carbonyl (C=O) groups excluding carboxylic acids is 1. The molecule has 0 N–H and O–H groups in total. The van der Waals surface area contributed by atoms with E-state index in [2.05, 4.69) is 0 Å². The maximum atomic E-state index is 12.1. The van der Waals surface area contributed by atoms with E-state index in [1.54, 1.807) is 31.4 Å². The van der Waals surface area contributed by atoms with E-state index in [9.17, 15) is 4.79 Å². The average molecular weight is 286 g/mol. The Balaban J connectivity index is 0.000000921. The molecule has 0 fully saturated rings. The molecule has 0 amide bonds. The number of hydrogen-bond donors (Lipinski definition) is 0. The van der Waals surface area contributed by atoms with Gasteiger partial charge in [0.1, 0.15) is 5.75 Å². The van der Waals surface area contributed by atoms with Crippen molar-refractivity contribution in [3.63, 3.8) is 0 Å². The van der Waals surface area contributed by atoms with Crippen LogP contribution in [-0.2, 0) is 0 Å². The minimum atomic E-state index is 0.0349. The predicted molar refractivity (Wildman–Crippen MR) is 90.3 cm³/mol. The Labute approximate surface area is 128 Å². The molecule has 2 nitrogen and oxygen atoms in total. The van der Waals surface area contributed by atoms with E-state index >= 15 is 0 Å². The van der Waals surface area contributed by atoms with Crippen LogP contribution in [0.4, 0.5) is 0 Å². The summed E-state index contributed by atoms with van der Waals surface area (Å²) in [4.78, 5) is 12.1. The molecule has 0 aliphatic heterocycles. The van der Waals surface area contributed by atoms with Gasteiger partial charge in [-0.05, 0) is 31.2 Å². The van der Waals surface area contributed by atoms with Gasteiger partial charge in [-0.1, -0.05) is 57.5 Å². The Bertz CT molecular complexity index is 510. The molecule has 21 heavy (non-hydrogen) atoms. The van der Waals surface area contributed by atoms with Crippen molar-refractivity contribution in [2.75, 3.05) is 7.11 Å². The lowest BCUT2D eigenvalue weighted by atomic mass is 10.0. The first-order valence-corrected chi connectivity index (χ1v) is 7.46. The highest BCUT2D eigenvalue weighted by Gasteiger charge is 2.08. The molecule has 0 heterocycles. The summed E-state index contributed by atoms with van der Waals surface area (Å²) in [5.74, 6) is 0.790. The van der Waals surface area contributed by atoms with Crippen molar-refractivity contribution in [2.24, 2.45) is 0 Å². The van der Waals surface area contributed by atoms with Crippen molar-refractivity contribution in [2.45, 2.75) is 34.6 Å². The Morgan fingerprint density at radius 3 is 1.52 bits per heavy atom. The second-order valence-electron chi connectivity index (χ2n) is 3.92. The molecule has 2 aromatic rings. The quantitative estimate of drug-likeness (QED) is 0.717. The number of hydrogen-bond acceptors (Lipinski definition) is 2. The lowest BCUT2D eigenvalue weighted by Crippen LogP contribution is -2.00. The predicted octanol–water partition coefficient (Wildman–Crippen LogP) is 5.29. The summed E-state index contributed by atoms with van der Waals surface area (Å²) < 4.78 is 5.06. The maximum Gasteiger partial charge on any atom is 0.193 e. The van der Waals surface area contributed by atoms with Gasteiger partial charge in [0.15, 0.2) is 5.78 Å². The minimum absolute atomic E-state index is 0.0349. The summed E-state index contributed by atoms with van der Waals surface area (Å²) in [6, 6.07) is 14.7. The molecule has 2 aromatic carbocycles. The zero-order chi connectivity index (χ0) is 16.3. The van der Waals surface area contributed by atoms with Crippen molar-refractivity contribution >= 4 is 5.78 Å². The van der Waals surface area contributed by atoms with E-state index in [-0.39, 0.29) is 5.78 Å². The molecule has 0 saturated carbocycles. The summed E-state index contributed by atoms with van der Waals surface area (Å²) in [6.07, 6.45) is 0. The van der Waals surface area contributed by atoms with Crippen molar-refractivity contribution in [1.29, 1.82) is 0 Å². The zero-order valence-electron chi connectivity index (χ0n) is 13.9. The van der Waals surface area contributed by atoms with Gasteiger partial charge in [0.05, 0.1) is 7.11 Å². The van der Waals surface area contributed by atoms with E-state index in [0.29, 0.717) is 11.1 Å². The third-order valence-corrected chi connectivity index (χ3v) is 2.67. The largest absolute Gasteiger partial charge is 0.497 e. The first-order chi connectivity index (χ1) is 10.2. The summed E-state index contributed by atoms with van der Waals surface area (Å²) in [5, 5.41) is 0. The molecule has 0 bridgehead atoms. The average Bonchev–Trinajstić information content (AvgIpc) is 2.58. The third-order valence-electron chi connectivity index (χ3n) is 2.67. The van der Waals surface area contributed by atoms with Crippen LogP contribution < -0.4 is 4.74 Å². The highest BCUT2D eigenvalue weighted by molar-refractivity contribution is 6.09. The molecule has 2 heteroatoms. The smallest absolute Gasteiger partial charge is 0.193 e. The Kier molecular flexibility index (Phi) is 9.61. The Hall–Kier alpha value is -2.09. The van der Waals surface area contributed by atoms with Gasteiger partial charge < -0.3 is 4.74 Å². The second kappa shape index (κ2) is 10.7. The van der Waals surface area contributed by atoms with Crippen LogP contribution in [0.5, 0.6) is 5.75 Å². The molecule has 114 valence electrons. The van der Waals surface area contributed by atoms with Gasteiger partial charge in [0, 0.05) is 11.1 Å². The summed E-state index contributed by atoms with van der Waals surface area (Å²) in [5.41, 5.74) is 2.53. The first-order valence-electron chi connectivity index (χ1n) is 7.46. The lowest BCUT2D eigenvalue weighted by Gasteiger charge is -2.03. The van der Waals surface area contributed by atoms with Gasteiger partial charge in [-0.3, -0.25) is 4.79 Å². The van der Waals surface area contributed by atoms with Crippen molar-refractivity contribution in [1.82, 2.24) is 0 Å². The van der Waals surface area contributed by atoms with Crippen molar-refractivity contribution in [3.8, 4) is 5.75 Å². The van der Waals surface area contributed by atoms with E-state index in [4.69, 9.17) is 4.74 Å². The van der Waals surface area contributed by atoms with Gasteiger partial charge >= 0.3 is 0 Å². The monoisotopic (exact) mass is 286 g/mol. The van der Waals surface area contributed by atoms with E-state index in [1.165, 1.54) is 0 Å². The number of methoxy groups -OCH3 is 1. The van der Waals surface area contributed by atoms with Crippen LogP contribution in [0.2, 0.25) is 0 Å². The van der Waals surface area contributed by atoms with Crippen LogP contribution in [0.25, 0.3) is 0 Å². The molecular weight excluding hydrogens is 260 g/mol. The number of rotatable bonds is 3. The molecular formula is C19H26O2. The molecule has 0 spiro atoms. The van der Waals surface area contributed by atoms with E-state index in [0.717, 1.165) is 11.3 Å². The summed E-state index contributed by atoms with van der Waals surface area (Å²) in [6.45, 7) is 10.0. The standard InChI is InChI=1S/C15H14O2.2C2H6/c1-11-3-5-12(6-4-11)15(16)13-7-9-14(17-2)10-8-13;2*1-2/h3-10H,1-2H3;2*1-2H3. The van der Waals surface area contributed by atoms with Crippen LogP contribution >= 0.6 is 0 Å². The fourth-order valence-electron chi connectivity index (χ4n) is 1.61. The van der Waals surface area contributed by atoms with Crippen LogP contribution in [-0.4, -0.2) is 12.9 Å². The van der Waals surface area contributed by atoms with Crippen LogP contribution in [0.15, 0.2) is 48.5 Å². The van der Waals surface area contributed by atoms with Crippen LogP contribution in [0.1, 0.15) is 49.2 Å². The molecule has 0 saturated heterocycles. The van der Waals surface area contributed by atoms with Crippen molar-refractivity contribution < 1.29 is 9.53 Å². The second-order valence-corrected chi connectivity index (χ2v) is 3.92. The Morgan fingerprint density at radius 1 is 0.762 bits per heavy atom. The maximum absolute atomic E-state index is 12.1. The molecule has 0 unspecified atom stereocenters. The SMILES string of the molecule is CC.CC.COc1ccc(C(=O)c2ccc(C)cc2)cc1.